The highest BCUT2D eigenvalue weighted by atomic mass is 16.6. The van der Waals surface area contributed by atoms with Crippen molar-refractivity contribution in [2.75, 3.05) is 26.4 Å². The van der Waals surface area contributed by atoms with E-state index in [0.717, 1.165) is 24.7 Å². The molecule has 4 aromatic carbocycles. The van der Waals surface area contributed by atoms with Crippen molar-refractivity contribution in [1.82, 2.24) is 0 Å². The summed E-state index contributed by atoms with van der Waals surface area (Å²) in [7, 11) is 0. The Labute approximate surface area is 204 Å². The quantitative estimate of drug-likeness (QED) is 0.304. The summed E-state index contributed by atoms with van der Waals surface area (Å²) in [4.78, 5) is 0. The molecule has 35 heavy (non-hydrogen) atoms. The van der Waals surface area contributed by atoms with Gasteiger partial charge in [-0.15, -0.1) is 0 Å². The Morgan fingerprint density at radius 1 is 0.571 bits per heavy atom. The molecule has 0 N–H and O–H groups in total. The molecule has 8 rings (SSSR count). The normalized spacial score (nSPS) is 23.9. The molecule has 0 bridgehead atoms. The Bertz CT molecular complexity index is 1370. The molecule has 0 radical (unpaired) electrons. The summed E-state index contributed by atoms with van der Waals surface area (Å²) in [5, 5.41) is 0. The van der Waals surface area contributed by atoms with E-state index in [4.69, 9.17) is 18.9 Å². The Balaban J connectivity index is 1.37. The van der Waals surface area contributed by atoms with Crippen LogP contribution in [0.1, 0.15) is 22.3 Å². The van der Waals surface area contributed by atoms with Gasteiger partial charge in [0.25, 0.3) is 0 Å². The van der Waals surface area contributed by atoms with Gasteiger partial charge >= 0.3 is 0 Å². The smallest absolute Gasteiger partial charge is 0.119 e. The fraction of sp³-hybridized carbons (Fsp3) is 0.226. The summed E-state index contributed by atoms with van der Waals surface area (Å²) >= 11 is 0. The van der Waals surface area contributed by atoms with E-state index in [9.17, 15) is 0 Å². The zero-order valence-corrected chi connectivity index (χ0v) is 19.2. The van der Waals surface area contributed by atoms with E-state index >= 15 is 0 Å². The van der Waals surface area contributed by atoms with Crippen LogP contribution < -0.4 is 9.47 Å². The average molecular weight is 461 g/mol. The first-order valence-corrected chi connectivity index (χ1v) is 12.3. The standard InChI is InChI=1S/C31H24O4/c1-3-7-27-23(5-1)25-11-9-19(32-15-21-17-34-21)13-29(25)31(27)28-8-4-2-6-24(28)26-12-10-20(14-30(26)31)33-16-22-18-35-22/h1-14,21-22H,15-18H2. The van der Waals surface area contributed by atoms with E-state index in [2.05, 4.69) is 84.9 Å². The topological polar surface area (TPSA) is 43.5 Å². The lowest BCUT2D eigenvalue weighted by atomic mass is 9.70. The number of fused-ring (bicyclic) bond motifs is 10. The number of benzene rings is 4. The molecule has 2 unspecified atom stereocenters. The van der Waals surface area contributed by atoms with Crippen molar-refractivity contribution in [3.63, 3.8) is 0 Å². The molecule has 4 aliphatic rings. The summed E-state index contributed by atoms with van der Waals surface area (Å²) in [6, 6.07) is 30.7. The van der Waals surface area contributed by atoms with Crippen molar-refractivity contribution < 1.29 is 18.9 Å². The zero-order valence-electron chi connectivity index (χ0n) is 19.2. The molecule has 2 heterocycles. The highest BCUT2D eigenvalue weighted by Crippen LogP contribution is 2.63. The fourth-order valence-corrected chi connectivity index (χ4v) is 5.98. The molecule has 2 fully saturated rings. The molecule has 0 saturated carbocycles. The lowest BCUT2D eigenvalue weighted by Crippen LogP contribution is -2.26. The van der Waals surface area contributed by atoms with Gasteiger partial charge in [-0.05, 0) is 68.8 Å². The van der Waals surface area contributed by atoms with Crippen LogP contribution in [0.5, 0.6) is 11.5 Å². The molecule has 1 spiro atoms. The van der Waals surface area contributed by atoms with Crippen molar-refractivity contribution in [2.45, 2.75) is 17.6 Å². The van der Waals surface area contributed by atoms with Gasteiger partial charge in [0.1, 0.15) is 36.9 Å². The summed E-state index contributed by atoms with van der Waals surface area (Å²) in [6.45, 7) is 2.76. The van der Waals surface area contributed by atoms with Crippen LogP contribution in [0.15, 0.2) is 84.9 Å². The monoisotopic (exact) mass is 460 g/mol. The van der Waals surface area contributed by atoms with E-state index in [-0.39, 0.29) is 12.2 Å². The Morgan fingerprint density at radius 3 is 1.46 bits per heavy atom. The third-order valence-electron chi connectivity index (χ3n) is 7.71. The lowest BCUT2D eigenvalue weighted by molar-refractivity contribution is 0.262. The average Bonchev–Trinajstić information content (AvgIpc) is 3.84. The maximum absolute atomic E-state index is 6.16. The first-order chi connectivity index (χ1) is 17.3. The summed E-state index contributed by atoms with van der Waals surface area (Å²) in [5.74, 6) is 1.77. The highest BCUT2D eigenvalue weighted by molar-refractivity contribution is 5.95. The number of hydrogen-bond acceptors (Lipinski definition) is 4. The van der Waals surface area contributed by atoms with Crippen molar-refractivity contribution >= 4 is 0 Å². The van der Waals surface area contributed by atoms with E-state index in [1.807, 2.05) is 0 Å². The van der Waals surface area contributed by atoms with E-state index in [1.54, 1.807) is 0 Å². The van der Waals surface area contributed by atoms with E-state index < -0.39 is 5.41 Å². The van der Waals surface area contributed by atoms with Gasteiger partial charge in [0.2, 0.25) is 0 Å². The third-order valence-corrected chi connectivity index (χ3v) is 7.71. The molecule has 4 heteroatoms. The van der Waals surface area contributed by atoms with E-state index in [0.29, 0.717) is 13.2 Å². The fourth-order valence-electron chi connectivity index (χ4n) is 5.98. The van der Waals surface area contributed by atoms with Crippen molar-refractivity contribution in [2.24, 2.45) is 0 Å². The molecule has 2 aliphatic heterocycles. The van der Waals surface area contributed by atoms with Crippen LogP contribution in [0.3, 0.4) is 0 Å². The van der Waals surface area contributed by atoms with Crippen LogP contribution in [0.4, 0.5) is 0 Å². The highest BCUT2D eigenvalue weighted by Gasteiger charge is 2.52. The number of epoxide rings is 2. The minimum absolute atomic E-state index is 0.220. The Morgan fingerprint density at radius 2 is 1.00 bits per heavy atom. The largest absolute Gasteiger partial charge is 0.491 e. The Hall–Kier alpha value is -3.60. The van der Waals surface area contributed by atoms with Gasteiger partial charge < -0.3 is 18.9 Å². The van der Waals surface area contributed by atoms with Crippen LogP contribution in [-0.4, -0.2) is 38.6 Å². The molecular weight excluding hydrogens is 436 g/mol. The predicted octanol–water partition coefficient (Wildman–Crippen LogP) is 5.59. The summed E-state index contributed by atoms with van der Waals surface area (Å²) < 4.78 is 23.1. The number of hydrogen-bond donors (Lipinski definition) is 0. The second-order valence-corrected chi connectivity index (χ2v) is 9.79. The second-order valence-electron chi connectivity index (χ2n) is 9.79. The molecule has 172 valence electrons. The van der Waals surface area contributed by atoms with Crippen molar-refractivity contribution in [3.8, 4) is 33.8 Å². The van der Waals surface area contributed by atoms with Crippen LogP contribution >= 0.6 is 0 Å². The van der Waals surface area contributed by atoms with Gasteiger partial charge in [-0.3, -0.25) is 0 Å². The molecule has 0 aromatic heterocycles. The van der Waals surface area contributed by atoms with Crippen LogP contribution in [-0.2, 0) is 14.9 Å². The zero-order chi connectivity index (χ0) is 23.0. The maximum Gasteiger partial charge on any atom is 0.119 e. The maximum atomic E-state index is 6.16. The van der Waals surface area contributed by atoms with Gasteiger partial charge in [-0.1, -0.05) is 60.7 Å². The van der Waals surface area contributed by atoms with Gasteiger partial charge in [0.15, 0.2) is 0 Å². The summed E-state index contributed by atoms with van der Waals surface area (Å²) in [5.41, 5.74) is 9.82. The molecule has 4 nitrogen and oxygen atoms in total. The van der Waals surface area contributed by atoms with Gasteiger partial charge in [-0.25, -0.2) is 0 Å². The lowest BCUT2D eigenvalue weighted by Gasteiger charge is -2.30. The van der Waals surface area contributed by atoms with Crippen LogP contribution in [0.2, 0.25) is 0 Å². The minimum atomic E-state index is -0.414. The van der Waals surface area contributed by atoms with Gasteiger partial charge in [-0.2, -0.15) is 0 Å². The van der Waals surface area contributed by atoms with Crippen LogP contribution in [0.25, 0.3) is 22.3 Å². The van der Waals surface area contributed by atoms with E-state index in [1.165, 1.54) is 44.5 Å². The van der Waals surface area contributed by atoms with Crippen molar-refractivity contribution in [1.29, 1.82) is 0 Å². The molecule has 0 amide bonds. The minimum Gasteiger partial charge on any atom is -0.491 e. The molecule has 4 aromatic rings. The Kier molecular flexibility index (Phi) is 4.05. The third kappa shape index (κ3) is 2.87. The molecule has 2 atom stereocenters. The number of rotatable bonds is 6. The molecule has 2 saturated heterocycles. The SMILES string of the molecule is c1ccc2c(c1)-c1ccc(OCC3CO3)cc1C21c2ccccc2-c2ccc(OCC3CO3)cc21. The predicted molar refractivity (Wildman–Crippen MR) is 133 cm³/mol. The number of ether oxygens (including phenoxy) is 4. The van der Waals surface area contributed by atoms with Gasteiger partial charge in [0, 0.05) is 0 Å². The van der Waals surface area contributed by atoms with Crippen LogP contribution in [0, 0.1) is 0 Å². The van der Waals surface area contributed by atoms with Gasteiger partial charge in [0.05, 0.1) is 18.6 Å². The second kappa shape index (κ2) is 7.20. The van der Waals surface area contributed by atoms with Crippen molar-refractivity contribution in [3.05, 3.63) is 107 Å². The molecular formula is C31H24O4. The first kappa shape index (κ1) is 19.7. The summed E-state index contributed by atoms with van der Waals surface area (Å²) in [6.07, 6.45) is 0.440. The molecule has 2 aliphatic carbocycles. The first-order valence-electron chi connectivity index (χ1n) is 12.3.